The van der Waals surface area contributed by atoms with Crippen molar-refractivity contribution >= 4 is 11.9 Å². The maximum Gasteiger partial charge on any atom is 0.316 e. The molecule has 15 heavy (non-hydrogen) atoms. The predicted octanol–water partition coefficient (Wildman–Crippen LogP) is 0.420. The molecule has 0 heterocycles. The van der Waals surface area contributed by atoms with Crippen molar-refractivity contribution in [1.82, 2.24) is 15.5 Å². The van der Waals surface area contributed by atoms with Gasteiger partial charge in [-0.15, -0.1) is 0 Å². The molecule has 3 amide bonds. The molecule has 0 aliphatic carbocycles. The SMILES string of the molecule is CC(C)CC(=O)NCCNC(=O)N(C)C. The van der Waals surface area contributed by atoms with E-state index in [2.05, 4.69) is 10.6 Å². The van der Waals surface area contributed by atoms with Crippen LogP contribution in [0.15, 0.2) is 0 Å². The van der Waals surface area contributed by atoms with Gasteiger partial charge in [-0.25, -0.2) is 4.79 Å². The summed E-state index contributed by atoms with van der Waals surface area (Å²) in [4.78, 5) is 23.7. The topological polar surface area (TPSA) is 61.4 Å². The van der Waals surface area contributed by atoms with Crippen molar-refractivity contribution in [2.24, 2.45) is 5.92 Å². The van der Waals surface area contributed by atoms with Crippen molar-refractivity contribution < 1.29 is 9.59 Å². The quantitative estimate of drug-likeness (QED) is 0.653. The van der Waals surface area contributed by atoms with Crippen LogP contribution in [0.4, 0.5) is 4.79 Å². The van der Waals surface area contributed by atoms with Gasteiger partial charge in [-0.05, 0) is 5.92 Å². The van der Waals surface area contributed by atoms with E-state index in [1.54, 1.807) is 14.1 Å². The molecular formula is C10H21N3O2. The molecule has 5 heteroatoms. The van der Waals surface area contributed by atoms with Crippen LogP contribution in [0.5, 0.6) is 0 Å². The van der Waals surface area contributed by atoms with Crippen LogP contribution in [-0.4, -0.2) is 44.0 Å². The zero-order chi connectivity index (χ0) is 11.8. The van der Waals surface area contributed by atoms with Gasteiger partial charge < -0.3 is 15.5 Å². The van der Waals surface area contributed by atoms with Crippen LogP contribution in [0, 0.1) is 5.92 Å². The van der Waals surface area contributed by atoms with Gasteiger partial charge in [-0.1, -0.05) is 13.8 Å². The number of rotatable bonds is 5. The summed E-state index contributed by atoms with van der Waals surface area (Å²) in [5.41, 5.74) is 0. The highest BCUT2D eigenvalue weighted by molar-refractivity contribution is 5.76. The third kappa shape index (κ3) is 7.78. The molecule has 2 N–H and O–H groups in total. The number of hydrogen-bond acceptors (Lipinski definition) is 2. The van der Waals surface area contributed by atoms with Crippen molar-refractivity contribution in [1.29, 1.82) is 0 Å². The molecule has 0 aliphatic heterocycles. The number of amides is 3. The van der Waals surface area contributed by atoms with Crippen LogP contribution in [0.1, 0.15) is 20.3 Å². The van der Waals surface area contributed by atoms with Crippen LogP contribution in [0.3, 0.4) is 0 Å². The number of nitrogens with one attached hydrogen (secondary N) is 2. The van der Waals surface area contributed by atoms with Gasteiger partial charge in [-0.3, -0.25) is 4.79 Å². The van der Waals surface area contributed by atoms with Crippen LogP contribution >= 0.6 is 0 Å². The summed E-state index contributed by atoms with van der Waals surface area (Å²) in [6.45, 7) is 4.92. The number of carbonyl (C=O) groups is 2. The fourth-order valence-electron chi connectivity index (χ4n) is 0.972. The van der Waals surface area contributed by atoms with Crippen molar-refractivity contribution in [3.8, 4) is 0 Å². The monoisotopic (exact) mass is 215 g/mol. The highest BCUT2D eigenvalue weighted by atomic mass is 16.2. The molecule has 0 unspecified atom stereocenters. The van der Waals surface area contributed by atoms with Gasteiger partial charge in [0.25, 0.3) is 0 Å². The maximum atomic E-state index is 11.2. The first kappa shape index (κ1) is 13.7. The van der Waals surface area contributed by atoms with E-state index in [9.17, 15) is 9.59 Å². The third-order valence-corrected chi connectivity index (χ3v) is 1.72. The molecular weight excluding hydrogens is 194 g/mol. The summed E-state index contributed by atoms with van der Waals surface area (Å²) in [5.74, 6) is 0.394. The molecule has 0 aromatic rings. The minimum atomic E-state index is -0.145. The maximum absolute atomic E-state index is 11.2. The van der Waals surface area contributed by atoms with Gasteiger partial charge in [0.15, 0.2) is 0 Å². The van der Waals surface area contributed by atoms with E-state index in [-0.39, 0.29) is 11.9 Å². The Balaban J connectivity index is 3.46. The van der Waals surface area contributed by atoms with Gasteiger partial charge >= 0.3 is 6.03 Å². The molecule has 0 spiro atoms. The van der Waals surface area contributed by atoms with Crippen molar-refractivity contribution in [3.63, 3.8) is 0 Å². The van der Waals surface area contributed by atoms with Gasteiger partial charge in [-0.2, -0.15) is 0 Å². The van der Waals surface area contributed by atoms with E-state index < -0.39 is 0 Å². The lowest BCUT2D eigenvalue weighted by molar-refractivity contribution is -0.121. The molecule has 0 aromatic heterocycles. The molecule has 0 fully saturated rings. The second-order valence-corrected chi connectivity index (χ2v) is 4.07. The van der Waals surface area contributed by atoms with E-state index in [0.717, 1.165) is 0 Å². The molecule has 0 saturated heterocycles. The molecule has 0 aliphatic rings. The normalized spacial score (nSPS) is 9.93. The van der Waals surface area contributed by atoms with Gasteiger partial charge in [0, 0.05) is 33.6 Å². The van der Waals surface area contributed by atoms with Gasteiger partial charge in [0.05, 0.1) is 0 Å². The van der Waals surface area contributed by atoms with Crippen LogP contribution in [0.2, 0.25) is 0 Å². The number of nitrogens with zero attached hydrogens (tertiary/aromatic N) is 1. The number of hydrogen-bond donors (Lipinski definition) is 2. The lowest BCUT2D eigenvalue weighted by Gasteiger charge is -2.12. The van der Waals surface area contributed by atoms with Gasteiger partial charge in [0.1, 0.15) is 0 Å². The molecule has 0 aromatic carbocycles. The molecule has 88 valence electrons. The summed E-state index contributed by atoms with van der Waals surface area (Å²) >= 11 is 0. The Morgan fingerprint density at radius 2 is 1.67 bits per heavy atom. The standard InChI is InChI=1S/C10H21N3O2/c1-8(2)7-9(14)11-5-6-12-10(15)13(3)4/h8H,5-7H2,1-4H3,(H,11,14)(H,12,15). The molecule has 0 saturated carbocycles. The molecule has 0 radical (unpaired) electrons. The van der Waals surface area contributed by atoms with E-state index in [4.69, 9.17) is 0 Å². The van der Waals surface area contributed by atoms with E-state index >= 15 is 0 Å². The second kappa shape index (κ2) is 7.09. The lowest BCUT2D eigenvalue weighted by atomic mass is 10.1. The molecule has 0 rings (SSSR count). The highest BCUT2D eigenvalue weighted by Crippen LogP contribution is 1.97. The summed E-state index contributed by atoms with van der Waals surface area (Å²) in [6, 6.07) is -0.145. The Hall–Kier alpha value is -1.26. The Kier molecular flexibility index (Phi) is 6.49. The van der Waals surface area contributed by atoms with E-state index in [1.165, 1.54) is 4.90 Å². The summed E-state index contributed by atoms with van der Waals surface area (Å²) in [6.07, 6.45) is 0.529. The Bertz CT molecular complexity index is 215. The minimum Gasteiger partial charge on any atom is -0.354 e. The van der Waals surface area contributed by atoms with Gasteiger partial charge in [0.2, 0.25) is 5.91 Å². The van der Waals surface area contributed by atoms with Crippen LogP contribution < -0.4 is 10.6 Å². The Morgan fingerprint density at radius 1 is 1.13 bits per heavy atom. The molecule has 5 nitrogen and oxygen atoms in total. The third-order valence-electron chi connectivity index (χ3n) is 1.72. The first-order valence-corrected chi connectivity index (χ1v) is 5.15. The Labute approximate surface area is 91.2 Å². The van der Waals surface area contributed by atoms with E-state index in [1.807, 2.05) is 13.8 Å². The summed E-state index contributed by atoms with van der Waals surface area (Å²) in [7, 11) is 3.35. The zero-order valence-corrected chi connectivity index (χ0v) is 9.96. The van der Waals surface area contributed by atoms with Crippen molar-refractivity contribution in [2.75, 3.05) is 27.2 Å². The fourth-order valence-corrected chi connectivity index (χ4v) is 0.972. The minimum absolute atomic E-state index is 0.0316. The first-order valence-electron chi connectivity index (χ1n) is 5.15. The van der Waals surface area contributed by atoms with Crippen LogP contribution in [0.25, 0.3) is 0 Å². The largest absolute Gasteiger partial charge is 0.354 e. The van der Waals surface area contributed by atoms with Crippen molar-refractivity contribution in [2.45, 2.75) is 20.3 Å². The molecule has 0 bridgehead atoms. The van der Waals surface area contributed by atoms with E-state index in [0.29, 0.717) is 25.4 Å². The number of carbonyl (C=O) groups excluding carboxylic acids is 2. The first-order chi connectivity index (χ1) is 6.93. The highest BCUT2D eigenvalue weighted by Gasteiger charge is 2.04. The Morgan fingerprint density at radius 3 is 2.13 bits per heavy atom. The zero-order valence-electron chi connectivity index (χ0n) is 9.96. The summed E-state index contributed by atoms with van der Waals surface area (Å²) in [5, 5.41) is 5.40. The van der Waals surface area contributed by atoms with Crippen molar-refractivity contribution in [3.05, 3.63) is 0 Å². The summed E-state index contributed by atoms with van der Waals surface area (Å²) < 4.78 is 0. The lowest BCUT2D eigenvalue weighted by Crippen LogP contribution is -2.39. The average molecular weight is 215 g/mol. The van der Waals surface area contributed by atoms with Crippen LogP contribution in [-0.2, 0) is 4.79 Å². The smallest absolute Gasteiger partial charge is 0.316 e. The average Bonchev–Trinajstić information content (AvgIpc) is 2.10. The number of urea groups is 1. The molecule has 0 atom stereocenters. The fraction of sp³-hybridized carbons (Fsp3) is 0.800. The second-order valence-electron chi connectivity index (χ2n) is 4.07. The predicted molar refractivity (Wildman–Crippen MR) is 59.6 cm³/mol.